The molecule has 1 aromatic rings. The zero-order valence-electron chi connectivity index (χ0n) is 18.2. The lowest BCUT2D eigenvalue weighted by Gasteiger charge is -2.44. The smallest absolute Gasteiger partial charge is 0.315 e. The van der Waals surface area contributed by atoms with Gasteiger partial charge in [0.25, 0.3) is 5.56 Å². The third-order valence-corrected chi connectivity index (χ3v) is 7.66. The lowest BCUT2D eigenvalue weighted by Crippen LogP contribution is -2.55. The maximum atomic E-state index is 13.3. The predicted molar refractivity (Wildman–Crippen MR) is 117 cm³/mol. The summed E-state index contributed by atoms with van der Waals surface area (Å²) in [6.45, 7) is 5.39. The Bertz CT molecular complexity index is 922. The molecule has 0 saturated carbocycles. The minimum Gasteiger partial charge on any atom is -0.351 e. The molecule has 8 nitrogen and oxygen atoms in total. The van der Waals surface area contributed by atoms with E-state index >= 15 is 0 Å². The third-order valence-electron chi connectivity index (χ3n) is 7.66. The molecule has 5 rings (SSSR count). The van der Waals surface area contributed by atoms with Crippen molar-refractivity contribution in [2.75, 3.05) is 32.7 Å². The van der Waals surface area contributed by atoms with E-state index in [1.54, 1.807) is 0 Å². The summed E-state index contributed by atoms with van der Waals surface area (Å²) in [5.41, 5.74) is 7.58. The van der Waals surface area contributed by atoms with Crippen LogP contribution in [0.25, 0.3) is 0 Å². The molecule has 1 aromatic heterocycles. The van der Waals surface area contributed by atoms with Gasteiger partial charge in [-0.1, -0.05) is 12.5 Å². The first-order chi connectivity index (χ1) is 15.0. The second kappa shape index (κ2) is 8.30. The number of primary amides is 1. The van der Waals surface area contributed by atoms with E-state index in [1.807, 2.05) is 15.5 Å². The summed E-state index contributed by atoms with van der Waals surface area (Å²) in [4.78, 5) is 44.0. The SMILES string of the molecule is NC(=O)N1CCC[C@H]1C(=O)N1C[C@@H]2C[C@H](C1)c1ccc(CN3CCCCC3)c(=O)n1C2. The molecule has 3 amide bonds. The Kier molecular flexibility index (Phi) is 5.50. The molecule has 5 heterocycles. The highest BCUT2D eigenvalue weighted by Crippen LogP contribution is 2.36. The first-order valence-corrected chi connectivity index (χ1v) is 11.8. The summed E-state index contributed by atoms with van der Waals surface area (Å²) in [6, 6.07) is 3.19. The van der Waals surface area contributed by atoms with Crippen LogP contribution in [0.2, 0.25) is 0 Å². The average molecular weight is 428 g/mol. The minimum absolute atomic E-state index is 0.0171. The van der Waals surface area contributed by atoms with Crippen LogP contribution >= 0.6 is 0 Å². The summed E-state index contributed by atoms with van der Waals surface area (Å²) in [7, 11) is 0. The Morgan fingerprint density at radius 1 is 1.00 bits per heavy atom. The van der Waals surface area contributed by atoms with Crippen molar-refractivity contribution in [3.05, 3.63) is 33.7 Å². The zero-order valence-corrected chi connectivity index (χ0v) is 18.2. The van der Waals surface area contributed by atoms with Crippen LogP contribution in [0.1, 0.15) is 55.7 Å². The quantitative estimate of drug-likeness (QED) is 0.788. The van der Waals surface area contributed by atoms with E-state index in [9.17, 15) is 14.4 Å². The summed E-state index contributed by atoms with van der Waals surface area (Å²) in [6.07, 6.45) is 6.24. The fourth-order valence-corrected chi connectivity index (χ4v) is 6.15. The molecular weight excluding hydrogens is 394 g/mol. The molecular formula is C23H33N5O3. The maximum absolute atomic E-state index is 13.3. The number of fused-ring (bicyclic) bond motifs is 4. The Morgan fingerprint density at radius 2 is 1.81 bits per heavy atom. The molecule has 0 radical (unpaired) electrons. The molecule has 2 bridgehead atoms. The molecule has 3 atom stereocenters. The molecule has 31 heavy (non-hydrogen) atoms. The van der Waals surface area contributed by atoms with Crippen molar-refractivity contribution < 1.29 is 9.59 Å². The topological polar surface area (TPSA) is 91.9 Å². The summed E-state index contributed by atoms with van der Waals surface area (Å²) >= 11 is 0. The molecule has 0 aliphatic carbocycles. The second-order valence-corrected chi connectivity index (χ2v) is 9.77. The molecule has 4 aliphatic heterocycles. The van der Waals surface area contributed by atoms with E-state index < -0.39 is 12.1 Å². The van der Waals surface area contributed by atoms with E-state index in [2.05, 4.69) is 11.0 Å². The van der Waals surface area contributed by atoms with Crippen molar-refractivity contribution in [2.24, 2.45) is 11.7 Å². The summed E-state index contributed by atoms with van der Waals surface area (Å²) in [5.74, 6) is 0.474. The third kappa shape index (κ3) is 3.86. The van der Waals surface area contributed by atoms with Crippen molar-refractivity contribution in [3.8, 4) is 0 Å². The van der Waals surface area contributed by atoms with E-state index in [4.69, 9.17) is 5.73 Å². The fourth-order valence-electron chi connectivity index (χ4n) is 6.15. The van der Waals surface area contributed by atoms with Gasteiger partial charge in [-0.15, -0.1) is 0 Å². The monoisotopic (exact) mass is 427 g/mol. The van der Waals surface area contributed by atoms with Gasteiger partial charge in [-0.25, -0.2) is 4.79 Å². The number of urea groups is 1. The van der Waals surface area contributed by atoms with Crippen LogP contribution in [0.15, 0.2) is 16.9 Å². The number of nitrogens with two attached hydrogens (primary N) is 1. The van der Waals surface area contributed by atoms with E-state index in [0.29, 0.717) is 32.6 Å². The van der Waals surface area contributed by atoms with Gasteiger partial charge in [0.2, 0.25) is 5.91 Å². The molecule has 0 unspecified atom stereocenters. The Morgan fingerprint density at radius 3 is 2.58 bits per heavy atom. The molecule has 3 fully saturated rings. The highest BCUT2D eigenvalue weighted by atomic mass is 16.2. The number of likely N-dealkylation sites (tertiary alicyclic amines) is 3. The Hall–Kier alpha value is -2.35. The van der Waals surface area contributed by atoms with Gasteiger partial charge < -0.3 is 20.1 Å². The van der Waals surface area contributed by atoms with Crippen LogP contribution in [0.3, 0.4) is 0 Å². The number of hydrogen-bond donors (Lipinski definition) is 1. The van der Waals surface area contributed by atoms with E-state index in [1.165, 1.54) is 24.2 Å². The van der Waals surface area contributed by atoms with Gasteiger partial charge in [0.15, 0.2) is 0 Å². The van der Waals surface area contributed by atoms with Gasteiger partial charge in [-0.3, -0.25) is 14.5 Å². The fraction of sp³-hybridized carbons (Fsp3) is 0.696. The number of amides is 3. The standard InChI is InChI=1S/C23H33N5O3/c24-23(31)27-10-4-5-20(27)22(30)26-12-16-11-18(15-26)19-7-6-17(21(29)28(19)13-16)14-25-8-2-1-3-9-25/h6-7,16,18,20H,1-5,8-15H2,(H2,24,31)/t16-,18+,20-/m0/s1. The van der Waals surface area contributed by atoms with Crippen LogP contribution in [0, 0.1) is 5.92 Å². The Balaban J connectivity index is 1.33. The molecule has 168 valence electrons. The number of hydrogen-bond acceptors (Lipinski definition) is 4. The van der Waals surface area contributed by atoms with Gasteiger partial charge in [-0.05, 0) is 57.2 Å². The van der Waals surface area contributed by atoms with Crippen molar-refractivity contribution >= 4 is 11.9 Å². The number of carbonyl (C=O) groups is 2. The lowest BCUT2D eigenvalue weighted by molar-refractivity contribution is -0.137. The molecule has 8 heteroatoms. The number of aromatic nitrogens is 1. The van der Waals surface area contributed by atoms with E-state index in [-0.39, 0.29) is 23.3 Å². The summed E-state index contributed by atoms with van der Waals surface area (Å²) in [5, 5.41) is 0. The predicted octanol–water partition coefficient (Wildman–Crippen LogP) is 1.32. The average Bonchev–Trinajstić information content (AvgIpc) is 3.26. The number of rotatable bonds is 3. The van der Waals surface area contributed by atoms with Gasteiger partial charge in [0.1, 0.15) is 6.04 Å². The van der Waals surface area contributed by atoms with E-state index in [0.717, 1.165) is 43.7 Å². The van der Waals surface area contributed by atoms with Crippen LogP contribution in [0.4, 0.5) is 4.79 Å². The van der Waals surface area contributed by atoms with Crippen LogP contribution in [0.5, 0.6) is 0 Å². The zero-order chi connectivity index (χ0) is 21.5. The molecule has 0 spiro atoms. The number of pyridine rings is 1. The summed E-state index contributed by atoms with van der Waals surface area (Å²) < 4.78 is 1.98. The normalized spacial score (nSPS) is 28.5. The highest BCUT2D eigenvalue weighted by molar-refractivity contribution is 5.87. The first kappa shape index (κ1) is 20.5. The van der Waals surface area contributed by atoms with Gasteiger partial charge in [-0.2, -0.15) is 0 Å². The highest BCUT2D eigenvalue weighted by Gasteiger charge is 2.41. The Labute approximate surface area is 183 Å². The minimum atomic E-state index is -0.508. The number of carbonyl (C=O) groups excluding carboxylic acids is 2. The van der Waals surface area contributed by atoms with Crippen molar-refractivity contribution in [3.63, 3.8) is 0 Å². The molecule has 4 aliphatic rings. The van der Waals surface area contributed by atoms with Crippen LogP contribution < -0.4 is 11.3 Å². The molecule has 3 saturated heterocycles. The maximum Gasteiger partial charge on any atom is 0.315 e. The number of nitrogens with zero attached hydrogens (tertiary/aromatic N) is 4. The lowest BCUT2D eigenvalue weighted by atomic mass is 9.82. The van der Waals surface area contributed by atoms with Crippen molar-refractivity contribution in [2.45, 2.75) is 63.6 Å². The second-order valence-electron chi connectivity index (χ2n) is 9.77. The van der Waals surface area contributed by atoms with Gasteiger partial charge >= 0.3 is 6.03 Å². The van der Waals surface area contributed by atoms with Gasteiger partial charge in [0, 0.05) is 49.9 Å². The van der Waals surface area contributed by atoms with Gasteiger partial charge in [0.05, 0.1) is 0 Å². The van der Waals surface area contributed by atoms with Crippen molar-refractivity contribution in [1.29, 1.82) is 0 Å². The first-order valence-electron chi connectivity index (χ1n) is 11.8. The van der Waals surface area contributed by atoms with Crippen molar-refractivity contribution in [1.82, 2.24) is 19.3 Å². The van der Waals surface area contributed by atoms with Crippen LogP contribution in [-0.2, 0) is 17.9 Å². The largest absolute Gasteiger partial charge is 0.351 e. The molecule has 2 N–H and O–H groups in total. The number of piperidine rings is 2. The molecule has 0 aromatic carbocycles. The van der Waals surface area contributed by atoms with Crippen LogP contribution in [-0.4, -0.2) is 70.0 Å².